The minimum absolute atomic E-state index is 0.0213. The number of rotatable bonds is 8. The molecule has 16 heteroatoms. The molecule has 0 atom stereocenters. The molecule has 1 aromatic carbocycles. The molecule has 0 aliphatic carbocycles. The molecule has 0 bridgehead atoms. The molecular weight excluding hydrogens is 620 g/mol. The van der Waals surface area contributed by atoms with E-state index in [-0.39, 0.29) is 29.3 Å². The Labute approximate surface area is 258 Å². The summed E-state index contributed by atoms with van der Waals surface area (Å²) >= 11 is 0. The van der Waals surface area contributed by atoms with Crippen LogP contribution in [0.15, 0.2) is 35.3 Å². The van der Waals surface area contributed by atoms with Crippen molar-refractivity contribution in [1.82, 2.24) is 19.4 Å². The maximum atomic E-state index is 14.9. The van der Waals surface area contributed by atoms with Gasteiger partial charge in [0.25, 0.3) is 5.56 Å². The molecule has 1 aliphatic rings. The second-order valence-electron chi connectivity index (χ2n) is 12.2. The summed E-state index contributed by atoms with van der Waals surface area (Å²) in [5.74, 6) is -2.02. The molecule has 0 spiro atoms. The van der Waals surface area contributed by atoms with Crippen molar-refractivity contribution < 1.29 is 35.5 Å². The van der Waals surface area contributed by atoms with Crippen LogP contribution in [0, 0.1) is 5.82 Å². The number of sulfonamides is 1. The van der Waals surface area contributed by atoms with Crippen LogP contribution in [0.2, 0.25) is 0 Å². The summed E-state index contributed by atoms with van der Waals surface area (Å²) in [4.78, 5) is 36.7. The van der Waals surface area contributed by atoms with Gasteiger partial charge < -0.3 is 15.0 Å². The van der Waals surface area contributed by atoms with Crippen LogP contribution in [-0.2, 0) is 14.8 Å². The number of alkyl halides is 3. The number of benzene rings is 1. The molecule has 3 aromatic rings. The number of anilines is 2. The first kappa shape index (κ1) is 33.9. The first-order valence-corrected chi connectivity index (χ1v) is 16.0. The highest BCUT2D eigenvalue weighted by Crippen LogP contribution is 2.28. The van der Waals surface area contributed by atoms with E-state index < -0.39 is 51.0 Å². The van der Waals surface area contributed by atoms with Crippen LogP contribution in [-0.4, -0.2) is 70.6 Å². The standard InChI is InChI=1S/C29H36F4N6O5S/c1-17(2)39-24-19(16-34-26(36-24)35-20-8-11-38(12-9-20)27(41)44-28(3,4)5)14-21(25(39)40)18-6-7-23(22(30)15-18)37-45(42,43)13-10-29(31,32)33/h6-7,14-17,20,37H,8-13H2,1-5H3,(H,34,35,36). The number of ether oxygens (including phenoxy) is 1. The van der Waals surface area contributed by atoms with Crippen molar-refractivity contribution in [2.45, 2.75) is 77.7 Å². The van der Waals surface area contributed by atoms with Crippen LogP contribution in [0.4, 0.5) is 34.0 Å². The van der Waals surface area contributed by atoms with E-state index in [1.165, 1.54) is 22.9 Å². The van der Waals surface area contributed by atoms with Crippen LogP contribution in [0.1, 0.15) is 59.9 Å². The number of aromatic nitrogens is 3. The van der Waals surface area contributed by atoms with Crippen molar-refractivity contribution in [1.29, 1.82) is 0 Å². The van der Waals surface area contributed by atoms with Crippen LogP contribution < -0.4 is 15.6 Å². The lowest BCUT2D eigenvalue weighted by Gasteiger charge is -2.33. The van der Waals surface area contributed by atoms with E-state index in [1.807, 2.05) is 25.5 Å². The summed E-state index contributed by atoms with van der Waals surface area (Å²) in [6, 6.07) is 4.42. The van der Waals surface area contributed by atoms with Gasteiger partial charge in [-0.1, -0.05) is 6.07 Å². The fourth-order valence-corrected chi connectivity index (χ4v) is 5.93. The Morgan fingerprint density at radius 3 is 2.38 bits per heavy atom. The van der Waals surface area contributed by atoms with Gasteiger partial charge in [-0.25, -0.2) is 22.6 Å². The maximum Gasteiger partial charge on any atom is 0.410 e. The van der Waals surface area contributed by atoms with Crippen LogP contribution >= 0.6 is 0 Å². The molecule has 0 saturated carbocycles. The first-order valence-electron chi connectivity index (χ1n) is 14.4. The van der Waals surface area contributed by atoms with Gasteiger partial charge in [0.15, 0.2) is 0 Å². The molecule has 3 heterocycles. The summed E-state index contributed by atoms with van der Waals surface area (Å²) in [6.45, 7) is 9.98. The topological polar surface area (TPSA) is 136 Å². The summed E-state index contributed by atoms with van der Waals surface area (Å²) in [5, 5.41) is 3.76. The number of nitrogens with zero attached hydrogens (tertiary/aromatic N) is 4. The first-order chi connectivity index (χ1) is 20.8. The number of carbonyl (C=O) groups is 1. The van der Waals surface area contributed by atoms with Gasteiger partial charge in [-0.05, 0) is 71.2 Å². The molecule has 0 unspecified atom stereocenters. The quantitative estimate of drug-likeness (QED) is 0.296. The van der Waals surface area contributed by atoms with Gasteiger partial charge in [0, 0.05) is 42.3 Å². The second-order valence-corrected chi connectivity index (χ2v) is 14.0. The van der Waals surface area contributed by atoms with E-state index >= 15 is 0 Å². The predicted octanol–water partition coefficient (Wildman–Crippen LogP) is 5.68. The number of nitrogens with one attached hydrogen (secondary N) is 2. The van der Waals surface area contributed by atoms with Crippen molar-refractivity contribution >= 4 is 38.8 Å². The van der Waals surface area contributed by atoms with Crippen LogP contribution in [0.3, 0.4) is 0 Å². The zero-order valence-corrected chi connectivity index (χ0v) is 26.4. The molecule has 2 N–H and O–H groups in total. The third-order valence-electron chi connectivity index (χ3n) is 6.97. The van der Waals surface area contributed by atoms with Crippen molar-refractivity contribution in [2.75, 3.05) is 28.9 Å². The molecule has 246 valence electrons. The largest absolute Gasteiger partial charge is 0.444 e. The molecule has 1 fully saturated rings. The van der Waals surface area contributed by atoms with Gasteiger partial charge in [-0.3, -0.25) is 14.1 Å². The lowest BCUT2D eigenvalue weighted by atomic mass is 10.0. The monoisotopic (exact) mass is 656 g/mol. The fourth-order valence-electron chi connectivity index (χ4n) is 4.83. The Hall–Kier alpha value is -3.95. The van der Waals surface area contributed by atoms with Gasteiger partial charge in [0.1, 0.15) is 17.1 Å². The summed E-state index contributed by atoms with van der Waals surface area (Å²) < 4.78 is 85.1. The number of amides is 1. The molecule has 2 aromatic heterocycles. The molecule has 1 saturated heterocycles. The zero-order valence-electron chi connectivity index (χ0n) is 25.5. The van der Waals surface area contributed by atoms with E-state index in [0.717, 1.165) is 12.1 Å². The maximum absolute atomic E-state index is 14.9. The van der Waals surface area contributed by atoms with E-state index in [0.29, 0.717) is 42.9 Å². The molecule has 0 radical (unpaired) electrons. The van der Waals surface area contributed by atoms with Crippen molar-refractivity contribution in [3.63, 3.8) is 0 Å². The Balaban J connectivity index is 1.55. The Bertz CT molecular complexity index is 1730. The minimum atomic E-state index is -4.69. The van der Waals surface area contributed by atoms with Gasteiger partial charge in [-0.15, -0.1) is 0 Å². The number of hydrogen-bond donors (Lipinski definition) is 2. The van der Waals surface area contributed by atoms with E-state index in [1.54, 1.807) is 18.7 Å². The van der Waals surface area contributed by atoms with Gasteiger partial charge in [0.05, 0.1) is 17.9 Å². The molecule has 1 aliphatic heterocycles. The fraction of sp³-hybridized carbons (Fsp3) is 0.517. The number of fused-ring (bicyclic) bond motifs is 1. The second kappa shape index (κ2) is 12.8. The third kappa shape index (κ3) is 8.83. The van der Waals surface area contributed by atoms with E-state index in [2.05, 4.69) is 15.3 Å². The normalized spacial score (nSPS) is 15.0. The summed E-state index contributed by atoms with van der Waals surface area (Å²) in [7, 11) is -4.47. The summed E-state index contributed by atoms with van der Waals surface area (Å²) in [5.41, 5.74) is -1.03. The Kier molecular flexibility index (Phi) is 9.66. The van der Waals surface area contributed by atoms with Gasteiger partial charge in [0.2, 0.25) is 16.0 Å². The zero-order chi connectivity index (χ0) is 33.3. The average molecular weight is 657 g/mol. The number of likely N-dealkylation sites (tertiary alicyclic amines) is 1. The lowest BCUT2D eigenvalue weighted by molar-refractivity contribution is -0.129. The number of carbonyl (C=O) groups excluding carboxylic acids is 1. The van der Waals surface area contributed by atoms with Gasteiger partial charge in [-0.2, -0.15) is 18.2 Å². The summed E-state index contributed by atoms with van der Waals surface area (Å²) in [6.07, 6.45) is -3.84. The number of hydrogen-bond acceptors (Lipinski definition) is 8. The third-order valence-corrected chi connectivity index (χ3v) is 8.24. The van der Waals surface area contributed by atoms with E-state index in [4.69, 9.17) is 4.74 Å². The molecular formula is C29H36F4N6O5S. The average Bonchev–Trinajstić information content (AvgIpc) is 2.91. The SMILES string of the molecule is CC(C)n1c(=O)c(-c2ccc(NS(=O)(=O)CCC(F)(F)F)c(F)c2)cc2cnc(NC3CCN(C(=O)OC(C)(C)C)CC3)nc21. The predicted molar refractivity (Wildman–Crippen MR) is 162 cm³/mol. The molecule has 11 nitrogen and oxygen atoms in total. The minimum Gasteiger partial charge on any atom is -0.444 e. The molecule has 4 rings (SSSR count). The Morgan fingerprint density at radius 1 is 1.13 bits per heavy atom. The highest BCUT2D eigenvalue weighted by atomic mass is 32.2. The number of pyridine rings is 1. The smallest absolute Gasteiger partial charge is 0.410 e. The number of halogens is 4. The number of piperidine rings is 1. The van der Waals surface area contributed by atoms with Crippen molar-refractivity contribution in [3.8, 4) is 11.1 Å². The van der Waals surface area contributed by atoms with Crippen LogP contribution in [0.5, 0.6) is 0 Å². The van der Waals surface area contributed by atoms with E-state index in [9.17, 15) is 35.6 Å². The van der Waals surface area contributed by atoms with Crippen molar-refractivity contribution in [3.05, 3.63) is 46.6 Å². The van der Waals surface area contributed by atoms with Crippen molar-refractivity contribution in [2.24, 2.45) is 0 Å². The van der Waals surface area contributed by atoms with Gasteiger partial charge >= 0.3 is 12.3 Å². The van der Waals surface area contributed by atoms with Crippen LogP contribution in [0.25, 0.3) is 22.2 Å². The Morgan fingerprint density at radius 2 is 1.80 bits per heavy atom. The highest BCUT2D eigenvalue weighted by molar-refractivity contribution is 7.92. The highest BCUT2D eigenvalue weighted by Gasteiger charge is 2.30. The lowest BCUT2D eigenvalue weighted by Crippen LogP contribution is -2.44. The molecule has 45 heavy (non-hydrogen) atoms. The molecule has 1 amide bonds.